The Morgan fingerprint density at radius 2 is 1.34 bits per heavy atom. The summed E-state index contributed by atoms with van der Waals surface area (Å²) >= 11 is 0. The minimum atomic E-state index is -0.943. The van der Waals surface area contributed by atoms with Gasteiger partial charge in [0.2, 0.25) is 11.8 Å². The minimum Gasteiger partial charge on any atom is -0.326 e. The Hall–Kier alpha value is -3.48. The molecule has 2 aromatic carbocycles. The molecule has 0 aliphatic carbocycles. The zero-order valence-corrected chi connectivity index (χ0v) is 16.6. The van der Waals surface area contributed by atoms with Gasteiger partial charge in [-0.3, -0.25) is 24.1 Å². The maximum Gasteiger partial charge on any atom is 0.262 e. The lowest BCUT2D eigenvalue weighted by atomic mass is 10.0. The number of fused-ring (bicyclic) bond motifs is 1. The molecule has 1 atom stereocenters. The van der Waals surface area contributed by atoms with Crippen LogP contribution in [0.1, 0.15) is 47.9 Å². The highest BCUT2D eigenvalue weighted by molar-refractivity contribution is 6.23. The van der Waals surface area contributed by atoms with Gasteiger partial charge >= 0.3 is 0 Å². The van der Waals surface area contributed by atoms with Crippen molar-refractivity contribution in [2.75, 3.05) is 10.6 Å². The Kier molecular flexibility index (Phi) is 5.77. The Balaban J connectivity index is 1.78. The number of nitrogens with one attached hydrogen (secondary N) is 2. The summed E-state index contributed by atoms with van der Waals surface area (Å²) in [5.74, 6) is -1.75. The third kappa shape index (κ3) is 4.03. The first-order chi connectivity index (χ1) is 13.8. The lowest BCUT2D eigenvalue weighted by Gasteiger charge is -2.28. The first-order valence-corrected chi connectivity index (χ1v) is 9.51. The quantitative estimate of drug-likeness (QED) is 0.736. The van der Waals surface area contributed by atoms with Crippen molar-refractivity contribution in [3.05, 3.63) is 59.7 Å². The molecule has 0 spiro atoms. The van der Waals surface area contributed by atoms with Crippen LogP contribution >= 0.6 is 0 Å². The van der Waals surface area contributed by atoms with Crippen molar-refractivity contribution in [2.45, 2.75) is 33.2 Å². The SMILES string of the molecule is CCC(=O)Nc1ccc(NC(=O)C(C(C)C)N2C(=O)c3ccccc3C2=O)cc1. The van der Waals surface area contributed by atoms with Crippen LogP contribution in [-0.4, -0.2) is 34.6 Å². The maximum atomic E-state index is 13.0. The van der Waals surface area contributed by atoms with Crippen LogP contribution in [0.4, 0.5) is 11.4 Å². The molecule has 1 heterocycles. The van der Waals surface area contributed by atoms with Gasteiger partial charge in [-0.05, 0) is 42.3 Å². The van der Waals surface area contributed by atoms with Gasteiger partial charge in [-0.1, -0.05) is 32.9 Å². The molecule has 29 heavy (non-hydrogen) atoms. The Morgan fingerprint density at radius 1 is 0.862 bits per heavy atom. The van der Waals surface area contributed by atoms with Crippen LogP contribution < -0.4 is 10.6 Å². The Labute approximate surface area is 169 Å². The molecule has 3 rings (SSSR count). The topological polar surface area (TPSA) is 95.6 Å². The van der Waals surface area contributed by atoms with Crippen LogP contribution in [0.3, 0.4) is 0 Å². The molecule has 4 amide bonds. The molecular formula is C22H23N3O4. The van der Waals surface area contributed by atoms with Gasteiger partial charge in [0.25, 0.3) is 11.8 Å². The summed E-state index contributed by atoms with van der Waals surface area (Å²) in [6.07, 6.45) is 0.370. The predicted octanol–water partition coefficient (Wildman–Crippen LogP) is 3.29. The normalized spacial score (nSPS) is 14.0. The van der Waals surface area contributed by atoms with E-state index in [1.54, 1.807) is 69.3 Å². The summed E-state index contributed by atoms with van der Waals surface area (Å²) in [7, 11) is 0. The first-order valence-electron chi connectivity index (χ1n) is 9.51. The summed E-state index contributed by atoms with van der Waals surface area (Å²) < 4.78 is 0. The molecule has 0 bridgehead atoms. The lowest BCUT2D eigenvalue weighted by Crippen LogP contribution is -2.50. The molecular weight excluding hydrogens is 370 g/mol. The maximum absolute atomic E-state index is 13.0. The number of nitrogens with zero attached hydrogens (tertiary/aromatic N) is 1. The average Bonchev–Trinajstić information content (AvgIpc) is 2.95. The first kappa shape index (κ1) is 20.3. The molecule has 1 aliphatic heterocycles. The van der Waals surface area contributed by atoms with Crippen molar-refractivity contribution < 1.29 is 19.2 Å². The summed E-state index contributed by atoms with van der Waals surface area (Å²) in [6.45, 7) is 5.34. The highest BCUT2D eigenvalue weighted by atomic mass is 16.2. The second-order valence-corrected chi connectivity index (χ2v) is 7.18. The average molecular weight is 393 g/mol. The number of carbonyl (C=O) groups excluding carboxylic acids is 4. The number of amides is 4. The molecule has 1 unspecified atom stereocenters. The summed E-state index contributed by atoms with van der Waals surface area (Å²) in [5, 5.41) is 5.50. The van der Waals surface area contributed by atoms with Gasteiger partial charge in [-0.25, -0.2) is 0 Å². The highest BCUT2D eigenvalue weighted by Crippen LogP contribution is 2.28. The van der Waals surface area contributed by atoms with E-state index in [0.29, 0.717) is 28.9 Å². The fraction of sp³-hybridized carbons (Fsp3) is 0.273. The van der Waals surface area contributed by atoms with Crippen LogP contribution in [-0.2, 0) is 9.59 Å². The van der Waals surface area contributed by atoms with Gasteiger partial charge in [0.1, 0.15) is 6.04 Å². The molecule has 2 N–H and O–H groups in total. The minimum absolute atomic E-state index is 0.104. The smallest absolute Gasteiger partial charge is 0.262 e. The van der Waals surface area contributed by atoms with E-state index >= 15 is 0 Å². The molecule has 0 saturated heterocycles. The van der Waals surface area contributed by atoms with E-state index in [4.69, 9.17) is 0 Å². The lowest BCUT2D eigenvalue weighted by molar-refractivity contribution is -0.121. The number of benzene rings is 2. The van der Waals surface area contributed by atoms with Gasteiger partial charge in [0.05, 0.1) is 11.1 Å². The molecule has 7 heteroatoms. The summed E-state index contributed by atoms with van der Waals surface area (Å²) in [4.78, 5) is 51.0. The molecule has 2 aromatic rings. The molecule has 0 saturated carbocycles. The second kappa shape index (κ2) is 8.26. The van der Waals surface area contributed by atoms with E-state index in [-0.39, 0.29) is 11.8 Å². The van der Waals surface area contributed by atoms with E-state index in [2.05, 4.69) is 10.6 Å². The number of carbonyl (C=O) groups is 4. The van der Waals surface area contributed by atoms with Crippen molar-refractivity contribution >= 4 is 35.0 Å². The second-order valence-electron chi connectivity index (χ2n) is 7.18. The van der Waals surface area contributed by atoms with Gasteiger partial charge in [-0.15, -0.1) is 0 Å². The summed E-state index contributed by atoms with van der Waals surface area (Å²) in [6, 6.07) is 12.3. The van der Waals surface area contributed by atoms with Crippen LogP contribution in [0.5, 0.6) is 0 Å². The van der Waals surface area contributed by atoms with Gasteiger partial charge in [0.15, 0.2) is 0 Å². The van der Waals surface area contributed by atoms with E-state index < -0.39 is 23.8 Å². The van der Waals surface area contributed by atoms with Crippen LogP contribution in [0, 0.1) is 5.92 Å². The molecule has 7 nitrogen and oxygen atoms in total. The van der Waals surface area contributed by atoms with Crippen molar-refractivity contribution in [1.29, 1.82) is 0 Å². The van der Waals surface area contributed by atoms with Crippen molar-refractivity contribution in [3.63, 3.8) is 0 Å². The fourth-order valence-corrected chi connectivity index (χ4v) is 3.28. The van der Waals surface area contributed by atoms with Crippen molar-refractivity contribution in [1.82, 2.24) is 4.90 Å². The Bertz CT molecular complexity index is 931. The van der Waals surface area contributed by atoms with Crippen LogP contribution in [0.2, 0.25) is 0 Å². The monoisotopic (exact) mass is 393 g/mol. The number of hydrogen-bond donors (Lipinski definition) is 2. The van der Waals surface area contributed by atoms with Crippen LogP contribution in [0.15, 0.2) is 48.5 Å². The standard InChI is InChI=1S/C22H23N3O4/c1-4-18(26)23-14-9-11-15(12-10-14)24-20(27)19(13(2)3)25-21(28)16-7-5-6-8-17(16)22(25)29/h5-13,19H,4H2,1-3H3,(H,23,26)(H,24,27). The largest absolute Gasteiger partial charge is 0.326 e. The highest BCUT2D eigenvalue weighted by Gasteiger charge is 2.43. The van der Waals surface area contributed by atoms with Gasteiger partial charge in [0, 0.05) is 17.8 Å². The third-order valence-corrected chi connectivity index (χ3v) is 4.76. The molecule has 0 aromatic heterocycles. The zero-order valence-electron chi connectivity index (χ0n) is 16.6. The number of anilines is 2. The van der Waals surface area contributed by atoms with E-state index in [9.17, 15) is 19.2 Å². The molecule has 0 radical (unpaired) electrons. The summed E-state index contributed by atoms with van der Waals surface area (Å²) in [5.41, 5.74) is 1.75. The number of rotatable bonds is 6. The van der Waals surface area contributed by atoms with E-state index in [1.807, 2.05) is 0 Å². The number of imide groups is 1. The molecule has 150 valence electrons. The van der Waals surface area contributed by atoms with Crippen molar-refractivity contribution in [3.8, 4) is 0 Å². The number of hydrogen-bond acceptors (Lipinski definition) is 4. The van der Waals surface area contributed by atoms with Gasteiger partial charge in [-0.2, -0.15) is 0 Å². The third-order valence-electron chi connectivity index (χ3n) is 4.76. The van der Waals surface area contributed by atoms with Crippen molar-refractivity contribution in [2.24, 2.45) is 5.92 Å². The Morgan fingerprint density at radius 3 is 1.79 bits per heavy atom. The molecule has 0 fully saturated rings. The molecule has 1 aliphatic rings. The van der Waals surface area contributed by atoms with E-state index in [1.165, 1.54) is 0 Å². The van der Waals surface area contributed by atoms with E-state index in [0.717, 1.165) is 4.90 Å². The predicted molar refractivity (Wildman–Crippen MR) is 110 cm³/mol. The van der Waals surface area contributed by atoms with Gasteiger partial charge < -0.3 is 10.6 Å². The zero-order chi connectivity index (χ0) is 21.1. The van der Waals surface area contributed by atoms with Crippen LogP contribution in [0.25, 0.3) is 0 Å². The fourth-order valence-electron chi connectivity index (χ4n) is 3.28.